The summed E-state index contributed by atoms with van der Waals surface area (Å²) in [5.74, 6) is 0.792. The fraction of sp³-hybridized carbons (Fsp3) is 0.214. The van der Waals surface area contributed by atoms with Crippen LogP contribution in [0.2, 0.25) is 0 Å². The molecule has 0 spiro atoms. The molecule has 0 aliphatic carbocycles. The van der Waals surface area contributed by atoms with E-state index < -0.39 is 0 Å². The van der Waals surface area contributed by atoms with Gasteiger partial charge in [0, 0.05) is 31.8 Å². The topological polar surface area (TPSA) is 66.3 Å². The number of nitrogens with zero attached hydrogens (tertiary/aromatic N) is 4. The van der Waals surface area contributed by atoms with Crippen molar-refractivity contribution >= 4 is 11.6 Å². The summed E-state index contributed by atoms with van der Waals surface area (Å²) in [6.07, 6.45) is 7.52. The van der Waals surface area contributed by atoms with E-state index in [-0.39, 0.29) is 5.91 Å². The zero-order chi connectivity index (χ0) is 13.9. The van der Waals surface area contributed by atoms with Crippen LogP contribution in [-0.2, 0) is 17.8 Å². The third-order valence-electron chi connectivity index (χ3n) is 3.11. The zero-order valence-corrected chi connectivity index (χ0v) is 11.2. The lowest BCUT2D eigenvalue weighted by molar-refractivity contribution is -0.129. The van der Waals surface area contributed by atoms with Gasteiger partial charge in [-0.2, -0.15) is 0 Å². The maximum Gasteiger partial charge on any atom is 0.228 e. The molecule has 3 aromatic heterocycles. The number of rotatable bonds is 4. The molecule has 0 aliphatic rings. The van der Waals surface area contributed by atoms with Gasteiger partial charge in [0.1, 0.15) is 11.5 Å². The minimum absolute atomic E-state index is 0.0183. The predicted molar refractivity (Wildman–Crippen MR) is 74.0 cm³/mol. The number of aromatic amines is 1. The van der Waals surface area contributed by atoms with Crippen LogP contribution in [0.25, 0.3) is 5.65 Å². The van der Waals surface area contributed by atoms with Crippen molar-refractivity contribution < 1.29 is 4.79 Å². The number of nitrogens with one attached hydrogen (secondary N) is 1. The summed E-state index contributed by atoms with van der Waals surface area (Å²) in [6, 6.07) is 5.78. The molecule has 0 fully saturated rings. The molecule has 0 unspecified atom stereocenters. The minimum Gasteiger partial charge on any atom is -0.347 e. The molecule has 0 bridgehead atoms. The highest BCUT2D eigenvalue weighted by molar-refractivity contribution is 5.78. The predicted octanol–water partition coefficient (Wildman–Crippen LogP) is 1.26. The van der Waals surface area contributed by atoms with Crippen LogP contribution in [-0.4, -0.2) is 37.2 Å². The Labute approximate surface area is 116 Å². The molecule has 6 heteroatoms. The van der Waals surface area contributed by atoms with Crippen molar-refractivity contribution in [1.29, 1.82) is 0 Å². The average molecular weight is 269 g/mol. The second-order valence-corrected chi connectivity index (χ2v) is 4.66. The summed E-state index contributed by atoms with van der Waals surface area (Å²) in [6.45, 7) is 0.471. The lowest BCUT2D eigenvalue weighted by Gasteiger charge is -2.14. The Morgan fingerprint density at radius 1 is 1.45 bits per heavy atom. The minimum atomic E-state index is 0.0183. The summed E-state index contributed by atoms with van der Waals surface area (Å²) in [4.78, 5) is 25.3. The first-order valence-electron chi connectivity index (χ1n) is 6.37. The van der Waals surface area contributed by atoms with Crippen molar-refractivity contribution in [3.05, 3.63) is 54.5 Å². The number of H-pyrrole nitrogens is 1. The van der Waals surface area contributed by atoms with Crippen molar-refractivity contribution in [3.8, 4) is 0 Å². The van der Waals surface area contributed by atoms with Crippen LogP contribution in [0.1, 0.15) is 11.5 Å². The smallest absolute Gasteiger partial charge is 0.228 e. The number of pyridine rings is 1. The Morgan fingerprint density at radius 2 is 2.35 bits per heavy atom. The fourth-order valence-electron chi connectivity index (χ4n) is 2.06. The summed E-state index contributed by atoms with van der Waals surface area (Å²) in [7, 11) is 1.76. The van der Waals surface area contributed by atoms with Gasteiger partial charge in [-0.15, -0.1) is 0 Å². The van der Waals surface area contributed by atoms with Crippen LogP contribution in [0.15, 0.2) is 43.0 Å². The summed E-state index contributed by atoms with van der Waals surface area (Å²) >= 11 is 0. The number of fused-ring (bicyclic) bond motifs is 1. The largest absolute Gasteiger partial charge is 0.347 e. The highest BCUT2D eigenvalue weighted by Crippen LogP contribution is 2.07. The quantitative estimate of drug-likeness (QED) is 0.775. The van der Waals surface area contributed by atoms with Crippen molar-refractivity contribution in [2.45, 2.75) is 13.0 Å². The van der Waals surface area contributed by atoms with E-state index in [0.29, 0.717) is 13.0 Å². The second kappa shape index (κ2) is 5.16. The molecule has 3 heterocycles. The Balaban J connectivity index is 1.68. The second-order valence-electron chi connectivity index (χ2n) is 4.66. The number of carbonyl (C=O) groups is 1. The SMILES string of the molecule is CN(Cc1ncc[nH]1)C(=O)Cc1cn2ccccc2n1. The molecule has 0 saturated heterocycles. The lowest BCUT2D eigenvalue weighted by Crippen LogP contribution is -2.28. The molecule has 102 valence electrons. The van der Waals surface area contributed by atoms with E-state index in [4.69, 9.17) is 0 Å². The van der Waals surface area contributed by atoms with Gasteiger partial charge in [-0.3, -0.25) is 4.79 Å². The zero-order valence-electron chi connectivity index (χ0n) is 11.2. The van der Waals surface area contributed by atoms with Gasteiger partial charge in [-0.25, -0.2) is 9.97 Å². The van der Waals surface area contributed by atoms with Crippen LogP contribution < -0.4 is 0 Å². The van der Waals surface area contributed by atoms with Crippen molar-refractivity contribution in [2.24, 2.45) is 0 Å². The summed E-state index contributed by atoms with van der Waals surface area (Å²) in [5.41, 5.74) is 1.62. The van der Waals surface area contributed by atoms with Crippen molar-refractivity contribution in [1.82, 2.24) is 24.3 Å². The Bertz CT molecular complexity index is 683. The number of imidazole rings is 2. The first kappa shape index (κ1) is 12.4. The van der Waals surface area contributed by atoms with Gasteiger partial charge in [0.25, 0.3) is 0 Å². The molecule has 6 nitrogen and oxygen atoms in total. The highest BCUT2D eigenvalue weighted by atomic mass is 16.2. The average Bonchev–Trinajstić information content (AvgIpc) is 3.06. The highest BCUT2D eigenvalue weighted by Gasteiger charge is 2.13. The summed E-state index contributed by atoms with van der Waals surface area (Å²) < 4.78 is 1.91. The molecule has 0 aromatic carbocycles. The van der Waals surface area contributed by atoms with Gasteiger partial charge in [0.05, 0.1) is 18.7 Å². The van der Waals surface area contributed by atoms with Gasteiger partial charge in [-0.05, 0) is 12.1 Å². The maximum atomic E-state index is 12.2. The molecular weight excluding hydrogens is 254 g/mol. The third kappa shape index (κ3) is 2.54. The van der Waals surface area contributed by atoms with Gasteiger partial charge < -0.3 is 14.3 Å². The first-order chi connectivity index (χ1) is 9.72. The van der Waals surface area contributed by atoms with E-state index in [0.717, 1.165) is 17.2 Å². The molecular formula is C14H15N5O. The number of likely N-dealkylation sites (N-methyl/N-ethyl adjacent to an activating group) is 1. The van der Waals surface area contributed by atoms with E-state index in [1.807, 2.05) is 35.0 Å². The lowest BCUT2D eigenvalue weighted by atomic mass is 10.3. The molecule has 0 atom stereocenters. The number of hydrogen-bond donors (Lipinski definition) is 1. The van der Waals surface area contributed by atoms with Crippen molar-refractivity contribution in [3.63, 3.8) is 0 Å². The van der Waals surface area contributed by atoms with Crippen LogP contribution >= 0.6 is 0 Å². The van der Waals surface area contributed by atoms with E-state index >= 15 is 0 Å². The van der Waals surface area contributed by atoms with Gasteiger partial charge in [0.15, 0.2) is 0 Å². The molecule has 0 saturated carbocycles. The summed E-state index contributed by atoms with van der Waals surface area (Å²) in [5, 5.41) is 0. The number of carbonyl (C=O) groups excluding carboxylic acids is 1. The Morgan fingerprint density at radius 3 is 3.10 bits per heavy atom. The standard InChI is InChI=1S/C14H15N5O/c1-18(10-12-15-5-6-16-12)14(20)8-11-9-19-7-3-2-4-13(19)17-11/h2-7,9H,8,10H2,1H3,(H,15,16). The van der Waals surface area contributed by atoms with Crippen LogP contribution in [0.3, 0.4) is 0 Å². The van der Waals surface area contributed by atoms with Gasteiger partial charge in [-0.1, -0.05) is 6.07 Å². The molecule has 20 heavy (non-hydrogen) atoms. The number of amides is 1. The monoisotopic (exact) mass is 269 g/mol. The Hall–Kier alpha value is -2.63. The molecule has 1 amide bonds. The molecule has 3 aromatic rings. The normalized spacial score (nSPS) is 10.8. The fourth-order valence-corrected chi connectivity index (χ4v) is 2.06. The third-order valence-corrected chi connectivity index (χ3v) is 3.11. The number of hydrogen-bond acceptors (Lipinski definition) is 3. The van der Waals surface area contributed by atoms with Crippen LogP contribution in [0.4, 0.5) is 0 Å². The van der Waals surface area contributed by atoms with Crippen molar-refractivity contribution in [2.75, 3.05) is 7.05 Å². The first-order valence-corrected chi connectivity index (χ1v) is 6.37. The van der Waals surface area contributed by atoms with E-state index in [1.165, 1.54) is 0 Å². The number of aromatic nitrogens is 4. The maximum absolute atomic E-state index is 12.2. The van der Waals surface area contributed by atoms with Gasteiger partial charge in [0.2, 0.25) is 5.91 Å². The Kier molecular flexibility index (Phi) is 3.20. The van der Waals surface area contributed by atoms with Crippen LogP contribution in [0.5, 0.6) is 0 Å². The van der Waals surface area contributed by atoms with E-state index in [2.05, 4.69) is 15.0 Å². The van der Waals surface area contributed by atoms with E-state index in [9.17, 15) is 4.79 Å². The molecule has 0 radical (unpaired) electrons. The van der Waals surface area contributed by atoms with Crippen LogP contribution in [0, 0.1) is 0 Å². The van der Waals surface area contributed by atoms with E-state index in [1.54, 1.807) is 24.3 Å². The molecule has 1 N–H and O–H groups in total. The molecule has 3 rings (SSSR count). The van der Waals surface area contributed by atoms with Gasteiger partial charge >= 0.3 is 0 Å². The molecule has 0 aliphatic heterocycles.